The van der Waals surface area contributed by atoms with Crippen LogP contribution in [0.4, 0.5) is 5.13 Å². The van der Waals surface area contributed by atoms with Gasteiger partial charge in [-0.05, 0) is 78.9 Å². The predicted octanol–water partition coefficient (Wildman–Crippen LogP) is 7.31. The molecule has 1 aliphatic rings. The molecule has 1 amide bonds. The fourth-order valence-electron chi connectivity index (χ4n) is 4.42. The number of aryl methyl sites for hydroxylation is 1. The number of rotatable bonds is 7. The summed E-state index contributed by atoms with van der Waals surface area (Å²) >= 11 is 7.37. The summed E-state index contributed by atoms with van der Waals surface area (Å²) in [4.78, 5) is 33.0. The van der Waals surface area contributed by atoms with E-state index in [2.05, 4.69) is 18.8 Å². The topological polar surface area (TPSA) is 79.7 Å². The van der Waals surface area contributed by atoms with Gasteiger partial charge in [-0.25, -0.2) is 4.98 Å². The Bertz CT molecular complexity index is 1560. The number of ether oxygens (including phenoxy) is 1. The van der Waals surface area contributed by atoms with Crippen LogP contribution in [0.1, 0.15) is 43.0 Å². The van der Waals surface area contributed by atoms with Crippen molar-refractivity contribution in [2.75, 3.05) is 11.5 Å². The SMILES string of the molecule is Cc1ccc2nc(N3C(=O)C(=O)/C(=C(/O)c4ccc(Cl)cc4)C3c3cccc(OCCC(C)C)c3)sc2c1. The number of ketones is 1. The highest BCUT2D eigenvalue weighted by Crippen LogP contribution is 2.45. The van der Waals surface area contributed by atoms with Gasteiger partial charge in [-0.1, -0.05) is 55.0 Å². The van der Waals surface area contributed by atoms with E-state index in [1.165, 1.54) is 16.2 Å². The highest BCUT2D eigenvalue weighted by Gasteiger charge is 2.48. The molecule has 1 unspecified atom stereocenters. The molecule has 0 spiro atoms. The maximum absolute atomic E-state index is 13.5. The van der Waals surface area contributed by atoms with Gasteiger partial charge in [-0.3, -0.25) is 14.5 Å². The van der Waals surface area contributed by atoms with E-state index in [-0.39, 0.29) is 11.3 Å². The van der Waals surface area contributed by atoms with Crippen LogP contribution in [0.15, 0.2) is 72.3 Å². The van der Waals surface area contributed by atoms with E-state index in [0.717, 1.165) is 22.2 Å². The summed E-state index contributed by atoms with van der Waals surface area (Å²) in [5.74, 6) is -0.667. The molecule has 38 heavy (non-hydrogen) atoms. The third-order valence-electron chi connectivity index (χ3n) is 6.44. The average Bonchev–Trinajstić information content (AvgIpc) is 3.41. The highest BCUT2D eigenvalue weighted by atomic mass is 35.5. The molecular weight excluding hydrogens is 520 g/mol. The number of hydrogen-bond acceptors (Lipinski definition) is 6. The molecule has 194 valence electrons. The van der Waals surface area contributed by atoms with Gasteiger partial charge in [0.25, 0.3) is 5.78 Å². The minimum atomic E-state index is -0.888. The predicted molar refractivity (Wildman–Crippen MR) is 152 cm³/mol. The summed E-state index contributed by atoms with van der Waals surface area (Å²) in [6.07, 6.45) is 0.893. The second-order valence-electron chi connectivity index (χ2n) is 9.75. The summed E-state index contributed by atoms with van der Waals surface area (Å²) < 4.78 is 6.88. The van der Waals surface area contributed by atoms with Gasteiger partial charge in [0.2, 0.25) is 0 Å². The van der Waals surface area contributed by atoms with E-state index in [0.29, 0.717) is 39.6 Å². The first kappa shape index (κ1) is 25.9. The van der Waals surface area contributed by atoms with Crippen molar-refractivity contribution in [1.82, 2.24) is 4.98 Å². The summed E-state index contributed by atoms with van der Waals surface area (Å²) in [6, 6.07) is 18.8. The smallest absolute Gasteiger partial charge is 0.301 e. The molecule has 0 saturated carbocycles. The molecule has 0 bridgehead atoms. The number of carbonyl (C=O) groups is 2. The third kappa shape index (κ3) is 5.04. The molecule has 0 radical (unpaired) electrons. The van der Waals surface area contributed by atoms with Crippen molar-refractivity contribution in [2.24, 2.45) is 5.92 Å². The van der Waals surface area contributed by atoms with Crippen LogP contribution < -0.4 is 9.64 Å². The Balaban J connectivity index is 1.65. The molecule has 0 aliphatic carbocycles. The van der Waals surface area contributed by atoms with Crippen molar-refractivity contribution >= 4 is 55.7 Å². The molecule has 1 aliphatic heterocycles. The van der Waals surface area contributed by atoms with Crippen molar-refractivity contribution in [2.45, 2.75) is 33.2 Å². The average molecular weight is 547 g/mol. The maximum atomic E-state index is 13.5. The summed E-state index contributed by atoms with van der Waals surface area (Å²) in [7, 11) is 0. The van der Waals surface area contributed by atoms with Gasteiger partial charge in [0.05, 0.1) is 28.4 Å². The first-order chi connectivity index (χ1) is 18.2. The normalized spacial score (nSPS) is 17.1. The number of benzene rings is 3. The molecule has 6 nitrogen and oxygen atoms in total. The molecule has 3 aromatic carbocycles. The Morgan fingerprint density at radius 2 is 1.87 bits per heavy atom. The molecule has 4 aromatic rings. The molecule has 1 aromatic heterocycles. The van der Waals surface area contributed by atoms with Gasteiger partial charge in [-0.15, -0.1) is 0 Å². The Hall–Kier alpha value is -3.68. The van der Waals surface area contributed by atoms with Crippen LogP contribution in [-0.4, -0.2) is 28.4 Å². The number of nitrogens with zero attached hydrogens (tertiary/aromatic N) is 2. The number of Topliss-reactive ketones (excluding diaryl/α,β-unsaturated/α-hetero) is 1. The van der Waals surface area contributed by atoms with Gasteiger partial charge in [0.1, 0.15) is 11.5 Å². The minimum Gasteiger partial charge on any atom is -0.507 e. The number of amides is 1. The number of carbonyl (C=O) groups excluding carboxylic acids is 2. The van der Waals surface area contributed by atoms with E-state index in [1.807, 2.05) is 49.4 Å². The first-order valence-electron chi connectivity index (χ1n) is 12.4. The van der Waals surface area contributed by atoms with Gasteiger partial charge in [0.15, 0.2) is 5.13 Å². The van der Waals surface area contributed by atoms with Crippen LogP contribution in [-0.2, 0) is 9.59 Å². The van der Waals surface area contributed by atoms with Crippen LogP contribution in [0.2, 0.25) is 5.02 Å². The Labute approximate surface area is 230 Å². The fraction of sp³-hybridized carbons (Fsp3) is 0.233. The Kier molecular flexibility index (Phi) is 7.23. The quantitative estimate of drug-likeness (QED) is 0.149. The van der Waals surface area contributed by atoms with E-state index >= 15 is 0 Å². The molecule has 1 fully saturated rings. The highest BCUT2D eigenvalue weighted by molar-refractivity contribution is 7.22. The summed E-state index contributed by atoms with van der Waals surface area (Å²) in [6.45, 7) is 6.79. The number of aliphatic hydroxyl groups is 1. The standard InChI is InChI=1S/C30H27ClN2O4S/c1-17(2)13-14-37-22-6-4-5-20(16-22)26-25(27(34)19-8-10-21(31)11-9-19)28(35)29(36)33(26)30-32-23-12-7-18(3)15-24(23)38-30/h4-12,15-17,26,34H,13-14H2,1-3H3/b27-25+. The summed E-state index contributed by atoms with van der Waals surface area (Å²) in [5, 5.41) is 12.2. The number of anilines is 1. The third-order valence-corrected chi connectivity index (χ3v) is 7.71. The maximum Gasteiger partial charge on any atom is 0.301 e. The van der Waals surface area contributed by atoms with Crippen LogP contribution in [0.5, 0.6) is 5.75 Å². The molecule has 1 saturated heterocycles. The Morgan fingerprint density at radius 1 is 1.11 bits per heavy atom. The lowest BCUT2D eigenvalue weighted by atomic mass is 9.95. The minimum absolute atomic E-state index is 0.00732. The zero-order valence-corrected chi connectivity index (χ0v) is 22.8. The zero-order valence-electron chi connectivity index (χ0n) is 21.3. The number of hydrogen-bond donors (Lipinski definition) is 1. The van der Waals surface area contributed by atoms with Crippen LogP contribution in [0, 0.1) is 12.8 Å². The van der Waals surface area contributed by atoms with Gasteiger partial charge < -0.3 is 9.84 Å². The van der Waals surface area contributed by atoms with Crippen molar-refractivity contribution in [3.63, 3.8) is 0 Å². The van der Waals surface area contributed by atoms with Gasteiger partial charge >= 0.3 is 5.91 Å². The van der Waals surface area contributed by atoms with Crippen LogP contribution in [0.25, 0.3) is 16.0 Å². The van der Waals surface area contributed by atoms with Crippen molar-refractivity contribution in [1.29, 1.82) is 0 Å². The van der Waals surface area contributed by atoms with E-state index < -0.39 is 17.7 Å². The number of aromatic nitrogens is 1. The van der Waals surface area contributed by atoms with Crippen LogP contribution >= 0.6 is 22.9 Å². The largest absolute Gasteiger partial charge is 0.507 e. The summed E-state index contributed by atoms with van der Waals surface area (Å²) in [5.41, 5.74) is 2.82. The number of halogens is 1. The number of fused-ring (bicyclic) bond motifs is 1. The zero-order chi connectivity index (χ0) is 27.0. The number of thiazole rings is 1. The lowest BCUT2D eigenvalue weighted by Gasteiger charge is -2.23. The molecular formula is C30H27ClN2O4S. The monoisotopic (exact) mass is 546 g/mol. The van der Waals surface area contributed by atoms with E-state index in [4.69, 9.17) is 16.3 Å². The first-order valence-corrected chi connectivity index (χ1v) is 13.6. The van der Waals surface area contributed by atoms with E-state index in [1.54, 1.807) is 24.3 Å². The second kappa shape index (κ2) is 10.6. The number of aliphatic hydroxyl groups excluding tert-OH is 1. The second-order valence-corrected chi connectivity index (χ2v) is 11.2. The van der Waals surface area contributed by atoms with Gasteiger partial charge in [-0.2, -0.15) is 0 Å². The van der Waals surface area contributed by atoms with Crippen molar-refractivity contribution in [3.05, 3.63) is 94.0 Å². The van der Waals surface area contributed by atoms with Crippen molar-refractivity contribution < 1.29 is 19.4 Å². The van der Waals surface area contributed by atoms with Crippen LogP contribution in [0.3, 0.4) is 0 Å². The lowest BCUT2D eigenvalue weighted by molar-refractivity contribution is -0.132. The molecule has 5 rings (SSSR count). The molecule has 1 N–H and O–H groups in total. The lowest BCUT2D eigenvalue weighted by Crippen LogP contribution is -2.29. The fourth-order valence-corrected chi connectivity index (χ4v) is 5.63. The molecule has 1 atom stereocenters. The van der Waals surface area contributed by atoms with E-state index in [9.17, 15) is 14.7 Å². The molecule has 8 heteroatoms. The van der Waals surface area contributed by atoms with Gasteiger partial charge in [0, 0.05) is 10.6 Å². The Morgan fingerprint density at radius 3 is 2.61 bits per heavy atom. The van der Waals surface area contributed by atoms with Crippen molar-refractivity contribution in [3.8, 4) is 5.75 Å². The molecule has 2 heterocycles.